The smallest absolute Gasteiger partial charge is 0.130 e. The number of pyridine rings is 1. The summed E-state index contributed by atoms with van der Waals surface area (Å²) in [4.78, 5) is 8.54. The number of aromatic nitrogens is 1. The van der Waals surface area contributed by atoms with Crippen LogP contribution in [-0.2, 0) is 5.54 Å². The van der Waals surface area contributed by atoms with Crippen LogP contribution in [0.1, 0.15) is 24.0 Å². The average molecular weight is 308 g/mol. The number of nitrogens with zero attached hydrogens (tertiary/aromatic N) is 2. The lowest BCUT2D eigenvalue weighted by Gasteiger charge is -2.33. The van der Waals surface area contributed by atoms with Crippen molar-refractivity contribution < 1.29 is 0 Å². The third-order valence-electron chi connectivity index (χ3n) is 4.13. The van der Waals surface area contributed by atoms with Gasteiger partial charge in [0.15, 0.2) is 0 Å². The molecular weight excluding hydrogens is 294 g/mol. The highest BCUT2D eigenvalue weighted by Gasteiger charge is 2.47. The predicted octanol–water partition coefficient (Wildman–Crippen LogP) is 3.66. The van der Waals surface area contributed by atoms with Crippen molar-refractivity contribution in [2.75, 3.05) is 0 Å². The first-order chi connectivity index (χ1) is 10.8. The fourth-order valence-corrected chi connectivity index (χ4v) is 3.06. The van der Waals surface area contributed by atoms with Crippen molar-refractivity contribution in [3.63, 3.8) is 0 Å². The molecule has 3 nitrogen and oxygen atoms in total. The summed E-state index contributed by atoms with van der Waals surface area (Å²) in [5.74, 6) is 7.19. The van der Waals surface area contributed by atoms with Crippen molar-refractivity contribution in [2.24, 2.45) is 10.9 Å². The van der Waals surface area contributed by atoms with E-state index in [4.69, 9.17) is 11.6 Å². The Hall–Kier alpha value is -2.31. The SMILES string of the molecule is Clc1ccc2c(c1)C(C#Cc1cccnc1)(C1CC1)NC=N2. The minimum absolute atomic E-state index is 0.405. The Kier molecular flexibility index (Phi) is 3.13. The molecule has 1 aliphatic carbocycles. The van der Waals surface area contributed by atoms with Gasteiger partial charge in [-0.1, -0.05) is 23.4 Å². The largest absolute Gasteiger partial charge is 0.356 e. The third kappa shape index (κ3) is 2.26. The van der Waals surface area contributed by atoms with Crippen LogP contribution in [0.3, 0.4) is 0 Å². The number of fused-ring (bicyclic) bond motifs is 1. The second-order valence-corrected chi connectivity index (χ2v) is 6.07. The van der Waals surface area contributed by atoms with E-state index >= 15 is 0 Å². The van der Waals surface area contributed by atoms with Gasteiger partial charge in [0.25, 0.3) is 0 Å². The Morgan fingerprint density at radius 1 is 1.27 bits per heavy atom. The lowest BCUT2D eigenvalue weighted by atomic mass is 9.83. The van der Waals surface area contributed by atoms with Crippen LogP contribution in [0, 0.1) is 17.8 Å². The van der Waals surface area contributed by atoms with Gasteiger partial charge < -0.3 is 5.32 Å². The highest BCUT2D eigenvalue weighted by atomic mass is 35.5. The molecule has 0 saturated heterocycles. The molecule has 1 N–H and O–H groups in total. The van der Waals surface area contributed by atoms with Gasteiger partial charge in [-0.05, 0) is 49.1 Å². The molecule has 1 aliphatic heterocycles. The van der Waals surface area contributed by atoms with Crippen LogP contribution < -0.4 is 5.32 Å². The molecule has 4 rings (SSSR count). The molecule has 1 aromatic carbocycles. The Morgan fingerprint density at radius 2 is 2.18 bits per heavy atom. The molecule has 108 valence electrons. The number of aliphatic imine (C=N–C) groups is 1. The molecule has 1 unspecified atom stereocenters. The van der Waals surface area contributed by atoms with E-state index in [1.807, 2.05) is 30.3 Å². The minimum Gasteiger partial charge on any atom is -0.356 e. The standard InChI is InChI=1S/C18H14ClN3/c19-15-5-6-17-16(10-15)18(14-3-4-14,22-12-21-17)8-7-13-2-1-9-20-11-13/h1-2,5-6,9-12,14H,3-4H2,(H,21,22). The summed E-state index contributed by atoms with van der Waals surface area (Å²) in [5, 5.41) is 4.12. The molecule has 1 aromatic heterocycles. The molecule has 0 bridgehead atoms. The monoisotopic (exact) mass is 307 g/mol. The van der Waals surface area contributed by atoms with Gasteiger partial charge in [0.2, 0.25) is 0 Å². The topological polar surface area (TPSA) is 37.3 Å². The van der Waals surface area contributed by atoms with Crippen LogP contribution in [0.25, 0.3) is 0 Å². The van der Waals surface area contributed by atoms with Gasteiger partial charge in [0.05, 0.1) is 12.0 Å². The molecule has 2 heterocycles. The van der Waals surface area contributed by atoms with Gasteiger partial charge >= 0.3 is 0 Å². The van der Waals surface area contributed by atoms with Crippen LogP contribution >= 0.6 is 11.6 Å². The zero-order valence-corrected chi connectivity index (χ0v) is 12.6. The first-order valence-corrected chi connectivity index (χ1v) is 7.69. The van der Waals surface area contributed by atoms with Crippen LogP contribution in [0.5, 0.6) is 0 Å². The summed E-state index contributed by atoms with van der Waals surface area (Å²) >= 11 is 6.21. The third-order valence-corrected chi connectivity index (χ3v) is 4.37. The zero-order chi connectivity index (χ0) is 15.0. The van der Waals surface area contributed by atoms with E-state index in [2.05, 4.69) is 27.1 Å². The fraction of sp³-hybridized carbons (Fsp3) is 0.222. The van der Waals surface area contributed by atoms with Crippen molar-refractivity contribution in [3.8, 4) is 11.8 Å². The maximum atomic E-state index is 6.21. The fourth-order valence-electron chi connectivity index (χ4n) is 2.89. The molecule has 1 saturated carbocycles. The predicted molar refractivity (Wildman–Crippen MR) is 88.3 cm³/mol. The number of benzene rings is 1. The van der Waals surface area contributed by atoms with Crippen LogP contribution in [0.4, 0.5) is 5.69 Å². The lowest BCUT2D eigenvalue weighted by molar-refractivity contribution is 0.451. The van der Waals surface area contributed by atoms with E-state index < -0.39 is 5.54 Å². The summed E-state index contributed by atoms with van der Waals surface area (Å²) in [6.07, 6.45) is 7.61. The van der Waals surface area contributed by atoms with Gasteiger partial charge in [0, 0.05) is 28.5 Å². The van der Waals surface area contributed by atoms with E-state index in [0.717, 1.165) is 29.7 Å². The van der Waals surface area contributed by atoms with E-state index in [1.165, 1.54) is 0 Å². The summed E-state index contributed by atoms with van der Waals surface area (Å²) in [7, 11) is 0. The molecular formula is C18H14ClN3. The van der Waals surface area contributed by atoms with Crippen LogP contribution in [0.15, 0.2) is 47.7 Å². The zero-order valence-electron chi connectivity index (χ0n) is 11.9. The molecule has 0 radical (unpaired) electrons. The molecule has 1 fully saturated rings. The highest BCUT2D eigenvalue weighted by Crippen LogP contribution is 2.49. The van der Waals surface area contributed by atoms with Gasteiger partial charge in [-0.25, -0.2) is 4.99 Å². The Morgan fingerprint density at radius 3 is 2.95 bits per heavy atom. The quantitative estimate of drug-likeness (QED) is 0.817. The van der Waals surface area contributed by atoms with Crippen molar-refractivity contribution in [1.82, 2.24) is 10.3 Å². The van der Waals surface area contributed by atoms with E-state index in [-0.39, 0.29) is 0 Å². The first kappa shape index (κ1) is 13.4. The molecule has 4 heteroatoms. The normalized spacial score (nSPS) is 22.2. The molecule has 1 atom stereocenters. The molecule has 22 heavy (non-hydrogen) atoms. The van der Waals surface area contributed by atoms with Crippen molar-refractivity contribution in [2.45, 2.75) is 18.4 Å². The first-order valence-electron chi connectivity index (χ1n) is 7.31. The summed E-state index contributed by atoms with van der Waals surface area (Å²) in [6.45, 7) is 0. The van der Waals surface area contributed by atoms with Gasteiger partial charge in [-0.15, -0.1) is 0 Å². The highest BCUT2D eigenvalue weighted by molar-refractivity contribution is 6.30. The van der Waals surface area contributed by atoms with Crippen LogP contribution in [-0.4, -0.2) is 11.3 Å². The number of hydrogen-bond acceptors (Lipinski definition) is 3. The molecule has 2 aliphatic rings. The van der Waals surface area contributed by atoms with Crippen LogP contribution in [0.2, 0.25) is 5.02 Å². The van der Waals surface area contributed by atoms with E-state index in [0.29, 0.717) is 10.9 Å². The van der Waals surface area contributed by atoms with Gasteiger partial charge in [-0.2, -0.15) is 0 Å². The number of halogens is 1. The van der Waals surface area contributed by atoms with Crippen molar-refractivity contribution in [3.05, 3.63) is 58.9 Å². The molecule has 0 spiro atoms. The second kappa shape index (κ2) is 5.15. The Bertz CT molecular complexity index is 800. The maximum absolute atomic E-state index is 6.21. The van der Waals surface area contributed by atoms with Crippen molar-refractivity contribution in [1.29, 1.82) is 0 Å². The average Bonchev–Trinajstić information content (AvgIpc) is 3.39. The molecule has 0 amide bonds. The number of nitrogens with one attached hydrogen (secondary N) is 1. The molecule has 2 aromatic rings. The van der Waals surface area contributed by atoms with E-state index in [1.54, 1.807) is 18.7 Å². The number of rotatable bonds is 1. The summed E-state index contributed by atoms with van der Waals surface area (Å²) in [6, 6.07) is 9.68. The van der Waals surface area contributed by atoms with Gasteiger partial charge in [0.1, 0.15) is 5.54 Å². The summed E-state index contributed by atoms with van der Waals surface area (Å²) in [5.41, 5.74) is 2.52. The lowest BCUT2D eigenvalue weighted by Crippen LogP contribution is -2.44. The minimum atomic E-state index is -0.405. The number of hydrogen-bond donors (Lipinski definition) is 1. The Labute approximate surface area is 134 Å². The summed E-state index contributed by atoms with van der Waals surface area (Å²) < 4.78 is 0. The maximum Gasteiger partial charge on any atom is 0.130 e. The van der Waals surface area contributed by atoms with Gasteiger partial charge in [-0.3, -0.25) is 4.98 Å². The van der Waals surface area contributed by atoms with Crippen molar-refractivity contribution >= 4 is 23.6 Å². The second-order valence-electron chi connectivity index (χ2n) is 5.64. The Balaban J connectivity index is 1.84. The van der Waals surface area contributed by atoms with E-state index in [9.17, 15) is 0 Å².